The number of hydrogen-bond donors (Lipinski definition) is 1. The van der Waals surface area contributed by atoms with Crippen LogP contribution in [0.25, 0.3) is 0 Å². The average molecular weight is 252 g/mol. The van der Waals surface area contributed by atoms with Crippen molar-refractivity contribution in [3.05, 3.63) is 0 Å². The highest BCUT2D eigenvalue weighted by atomic mass is 35.5. The molecular weight excluding hydrogens is 234 g/mol. The first kappa shape index (κ1) is 13.7. The number of carbonyl (C=O) groups is 1. The Morgan fingerprint density at radius 3 is 2.56 bits per heavy atom. The first-order valence-corrected chi connectivity index (χ1v) is 5.44. The third kappa shape index (κ3) is 3.59. The SMILES string of the molecule is Cl.O=C(O)C1CCC(CN2CCOCC2)O1. The summed E-state index contributed by atoms with van der Waals surface area (Å²) in [4.78, 5) is 13.0. The highest BCUT2D eigenvalue weighted by Gasteiger charge is 2.31. The van der Waals surface area contributed by atoms with Gasteiger partial charge in [-0.3, -0.25) is 4.90 Å². The highest BCUT2D eigenvalue weighted by molar-refractivity contribution is 5.85. The van der Waals surface area contributed by atoms with E-state index < -0.39 is 12.1 Å². The Hall–Kier alpha value is -0.360. The maximum atomic E-state index is 10.7. The van der Waals surface area contributed by atoms with Crippen LogP contribution >= 0.6 is 12.4 Å². The molecule has 2 atom stereocenters. The second-order valence-corrected chi connectivity index (χ2v) is 4.08. The molecule has 16 heavy (non-hydrogen) atoms. The van der Waals surface area contributed by atoms with Crippen LogP contribution in [0, 0.1) is 0 Å². The Morgan fingerprint density at radius 1 is 1.31 bits per heavy atom. The summed E-state index contributed by atoms with van der Waals surface area (Å²) in [7, 11) is 0. The van der Waals surface area contributed by atoms with Crippen molar-refractivity contribution in [1.82, 2.24) is 4.90 Å². The number of morpholine rings is 1. The van der Waals surface area contributed by atoms with Crippen LogP contribution in [0.5, 0.6) is 0 Å². The molecule has 2 heterocycles. The van der Waals surface area contributed by atoms with Crippen LogP contribution in [-0.4, -0.2) is 61.0 Å². The van der Waals surface area contributed by atoms with Gasteiger partial charge in [-0.1, -0.05) is 0 Å². The molecule has 2 saturated heterocycles. The molecule has 2 unspecified atom stereocenters. The van der Waals surface area contributed by atoms with Crippen molar-refractivity contribution < 1.29 is 19.4 Å². The Labute approximate surface area is 101 Å². The molecule has 5 nitrogen and oxygen atoms in total. The zero-order chi connectivity index (χ0) is 10.7. The van der Waals surface area contributed by atoms with Gasteiger partial charge in [-0.2, -0.15) is 0 Å². The molecule has 2 aliphatic rings. The summed E-state index contributed by atoms with van der Waals surface area (Å²) in [5, 5.41) is 8.78. The van der Waals surface area contributed by atoms with Crippen LogP contribution in [-0.2, 0) is 14.3 Å². The number of aliphatic carboxylic acids is 1. The third-order valence-electron chi connectivity index (χ3n) is 2.95. The molecule has 2 rings (SSSR count). The second kappa shape index (κ2) is 6.39. The average Bonchev–Trinajstić information content (AvgIpc) is 2.68. The van der Waals surface area contributed by atoms with Gasteiger partial charge in [0.25, 0.3) is 0 Å². The fourth-order valence-electron chi connectivity index (χ4n) is 2.09. The minimum atomic E-state index is -0.834. The summed E-state index contributed by atoms with van der Waals surface area (Å²) < 4.78 is 10.7. The number of hydrogen-bond acceptors (Lipinski definition) is 4. The van der Waals surface area contributed by atoms with Crippen molar-refractivity contribution in [2.24, 2.45) is 0 Å². The topological polar surface area (TPSA) is 59.0 Å². The van der Waals surface area contributed by atoms with Gasteiger partial charge in [0, 0.05) is 19.6 Å². The van der Waals surface area contributed by atoms with E-state index in [0.29, 0.717) is 6.42 Å². The minimum absolute atomic E-state index is 0. The zero-order valence-electron chi connectivity index (χ0n) is 9.13. The van der Waals surface area contributed by atoms with E-state index in [1.54, 1.807) is 0 Å². The van der Waals surface area contributed by atoms with Gasteiger partial charge < -0.3 is 14.6 Å². The molecule has 0 aromatic carbocycles. The molecule has 0 bridgehead atoms. The Kier molecular flexibility index (Phi) is 5.48. The van der Waals surface area contributed by atoms with Crippen molar-refractivity contribution in [2.45, 2.75) is 25.0 Å². The van der Waals surface area contributed by atoms with E-state index in [4.69, 9.17) is 14.6 Å². The Balaban J connectivity index is 0.00000128. The van der Waals surface area contributed by atoms with Crippen LogP contribution in [0.15, 0.2) is 0 Å². The monoisotopic (exact) mass is 251 g/mol. The lowest BCUT2D eigenvalue weighted by Crippen LogP contribution is -2.41. The number of halogens is 1. The maximum Gasteiger partial charge on any atom is 0.332 e. The lowest BCUT2D eigenvalue weighted by Gasteiger charge is -2.28. The van der Waals surface area contributed by atoms with Crippen molar-refractivity contribution in [3.63, 3.8) is 0 Å². The van der Waals surface area contributed by atoms with Gasteiger partial charge in [-0.25, -0.2) is 4.79 Å². The summed E-state index contributed by atoms with van der Waals surface area (Å²) in [5.41, 5.74) is 0. The lowest BCUT2D eigenvalue weighted by molar-refractivity contribution is -0.149. The summed E-state index contributed by atoms with van der Waals surface area (Å²) in [6, 6.07) is 0. The molecule has 2 fully saturated rings. The van der Waals surface area contributed by atoms with Gasteiger partial charge in [0.15, 0.2) is 6.10 Å². The van der Waals surface area contributed by atoms with Crippen molar-refractivity contribution in [3.8, 4) is 0 Å². The molecule has 0 amide bonds. The summed E-state index contributed by atoms with van der Waals surface area (Å²) in [5.74, 6) is -0.834. The zero-order valence-corrected chi connectivity index (χ0v) is 9.95. The van der Waals surface area contributed by atoms with Gasteiger partial charge in [0.2, 0.25) is 0 Å². The smallest absolute Gasteiger partial charge is 0.332 e. The molecule has 0 spiro atoms. The van der Waals surface area contributed by atoms with Crippen LogP contribution in [0.4, 0.5) is 0 Å². The number of nitrogens with zero attached hydrogens (tertiary/aromatic N) is 1. The first-order chi connectivity index (χ1) is 7.25. The first-order valence-electron chi connectivity index (χ1n) is 5.44. The van der Waals surface area contributed by atoms with Crippen LogP contribution < -0.4 is 0 Å². The van der Waals surface area contributed by atoms with E-state index in [1.807, 2.05) is 0 Å². The molecule has 2 aliphatic heterocycles. The predicted octanol–water partition coefficient (Wildman–Crippen LogP) is 0.373. The third-order valence-corrected chi connectivity index (χ3v) is 2.95. The quantitative estimate of drug-likeness (QED) is 0.786. The summed E-state index contributed by atoms with van der Waals surface area (Å²) in [6.07, 6.45) is 0.999. The van der Waals surface area contributed by atoms with E-state index in [0.717, 1.165) is 39.3 Å². The maximum absolute atomic E-state index is 10.7. The van der Waals surface area contributed by atoms with Crippen molar-refractivity contribution in [2.75, 3.05) is 32.8 Å². The standard InChI is InChI=1S/C10H17NO4.ClH/c12-10(13)9-2-1-8(15-9)7-11-3-5-14-6-4-11;/h8-9H,1-7H2,(H,12,13);1H. The number of rotatable bonds is 3. The van der Waals surface area contributed by atoms with Gasteiger partial charge in [-0.15, -0.1) is 12.4 Å². The second-order valence-electron chi connectivity index (χ2n) is 4.08. The van der Waals surface area contributed by atoms with Crippen LogP contribution in [0.3, 0.4) is 0 Å². The van der Waals surface area contributed by atoms with Crippen molar-refractivity contribution in [1.29, 1.82) is 0 Å². The van der Waals surface area contributed by atoms with Crippen LogP contribution in [0.2, 0.25) is 0 Å². The van der Waals surface area contributed by atoms with E-state index in [-0.39, 0.29) is 18.5 Å². The summed E-state index contributed by atoms with van der Waals surface area (Å²) in [6.45, 7) is 4.24. The molecular formula is C10H18ClNO4. The lowest BCUT2D eigenvalue weighted by atomic mass is 10.2. The van der Waals surface area contributed by atoms with E-state index in [9.17, 15) is 4.79 Å². The van der Waals surface area contributed by atoms with Gasteiger partial charge in [0.1, 0.15) is 0 Å². The number of carboxylic acids is 1. The molecule has 94 valence electrons. The molecule has 1 N–H and O–H groups in total. The van der Waals surface area contributed by atoms with E-state index >= 15 is 0 Å². The minimum Gasteiger partial charge on any atom is -0.479 e. The largest absolute Gasteiger partial charge is 0.479 e. The molecule has 0 aromatic heterocycles. The summed E-state index contributed by atoms with van der Waals surface area (Å²) >= 11 is 0. The Bertz CT molecular complexity index is 233. The number of ether oxygens (including phenoxy) is 2. The van der Waals surface area contributed by atoms with Gasteiger partial charge >= 0.3 is 5.97 Å². The molecule has 0 aliphatic carbocycles. The molecule has 6 heteroatoms. The number of carboxylic acid groups (broad SMARTS) is 1. The fraction of sp³-hybridized carbons (Fsp3) is 0.900. The Morgan fingerprint density at radius 2 is 2.00 bits per heavy atom. The molecule has 0 radical (unpaired) electrons. The van der Waals surface area contributed by atoms with Crippen LogP contribution in [0.1, 0.15) is 12.8 Å². The fourth-order valence-corrected chi connectivity index (χ4v) is 2.09. The van der Waals surface area contributed by atoms with Gasteiger partial charge in [0.05, 0.1) is 19.3 Å². The van der Waals surface area contributed by atoms with E-state index in [1.165, 1.54) is 0 Å². The normalized spacial score (nSPS) is 31.0. The molecule has 0 aromatic rings. The molecule has 0 saturated carbocycles. The van der Waals surface area contributed by atoms with Crippen molar-refractivity contribution >= 4 is 18.4 Å². The van der Waals surface area contributed by atoms with E-state index in [2.05, 4.69) is 4.90 Å². The predicted molar refractivity (Wildman–Crippen MR) is 60.0 cm³/mol. The highest BCUT2D eigenvalue weighted by Crippen LogP contribution is 2.20. The van der Waals surface area contributed by atoms with Gasteiger partial charge in [-0.05, 0) is 12.8 Å².